The van der Waals surface area contributed by atoms with Crippen LogP contribution in [0.3, 0.4) is 0 Å². The second-order valence-corrected chi connectivity index (χ2v) is 8.83. The highest BCUT2D eigenvalue weighted by molar-refractivity contribution is 7.95. The van der Waals surface area contributed by atoms with Crippen LogP contribution in [-0.2, 0) is 9.84 Å². The van der Waals surface area contributed by atoms with Gasteiger partial charge in [-0.3, -0.25) is 0 Å². The summed E-state index contributed by atoms with van der Waals surface area (Å²) >= 11 is 0. The van der Waals surface area contributed by atoms with E-state index in [4.69, 9.17) is 0 Å². The molecule has 0 amide bonds. The molecular formula is C23H30O3S. The smallest absolute Gasteiger partial charge is 0.202 e. The van der Waals surface area contributed by atoms with Crippen LogP contribution in [-0.4, -0.2) is 13.5 Å². The number of unbranched alkanes of at least 4 members (excludes halogenated alkanes) is 5. The van der Waals surface area contributed by atoms with Crippen LogP contribution in [0.5, 0.6) is 0 Å². The molecule has 0 saturated heterocycles. The molecular weight excluding hydrogens is 356 g/mol. The summed E-state index contributed by atoms with van der Waals surface area (Å²) in [5, 5.41) is 10.5. The van der Waals surface area contributed by atoms with Gasteiger partial charge in [0.15, 0.2) is 0 Å². The van der Waals surface area contributed by atoms with Crippen LogP contribution in [0.15, 0.2) is 76.5 Å². The van der Waals surface area contributed by atoms with Crippen LogP contribution in [0.2, 0.25) is 0 Å². The molecule has 0 aliphatic heterocycles. The van der Waals surface area contributed by atoms with Crippen molar-refractivity contribution in [3.05, 3.63) is 77.2 Å². The zero-order valence-electron chi connectivity index (χ0n) is 16.0. The fraction of sp³-hybridized carbons (Fsp3) is 0.391. The Morgan fingerprint density at radius 1 is 0.889 bits per heavy atom. The van der Waals surface area contributed by atoms with Gasteiger partial charge in [0.05, 0.1) is 11.0 Å². The Morgan fingerprint density at radius 2 is 1.44 bits per heavy atom. The van der Waals surface area contributed by atoms with Gasteiger partial charge in [-0.1, -0.05) is 87.6 Å². The molecule has 0 aliphatic rings. The molecule has 0 aromatic heterocycles. The third-order valence-corrected chi connectivity index (χ3v) is 6.58. The third-order valence-electron chi connectivity index (χ3n) is 4.66. The van der Waals surface area contributed by atoms with E-state index in [1.807, 2.05) is 18.2 Å². The summed E-state index contributed by atoms with van der Waals surface area (Å²) < 4.78 is 26.2. The molecule has 2 aromatic carbocycles. The molecule has 2 rings (SSSR count). The predicted molar refractivity (Wildman–Crippen MR) is 111 cm³/mol. The maximum Gasteiger partial charge on any atom is 0.202 e. The Hall–Kier alpha value is -1.91. The first-order valence-corrected chi connectivity index (χ1v) is 11.3. The van der Waals surface area contributed by atoms with E-state index in [0.717, 1.165) is 19.3 Å². The lowest BCUT2D eigenvalue weighted by atomic mass is 10.1. The fourth-order valence-electron chi connectivity index (χ4n) is 3.06. The van der Waals surface area contributed by atoms with Gasteiger partial charge in [0.2, 0.25) is 9.84 Å². The fourth-order valence-corrected chi connectivity index (χ4v) is 4.60. The summed E-state index contributed by atoms with van der Waals surface area (Å²) in [7, 11) is -3.60. The van der Waals surface area contributed by atoms with Gasteiger partial charge in [-0.05, 0) is 36.6 Å². The van der Waals surface area contributed by atoms with E-state index < -0.39 is 15.9 Å². The van der Waals surface area contributed by atoms with E-state index >= 15 is 0 Å². The average Bonchev–Trinajstić information content (AvgIpc) is 2.70. The van der Waals surface area contributed by atoms with Crippen molar-refractivity contribution in [2.24, 2.45) is 0 Å². The van der Waals surface area contributed by atoms with Gasteiger partial charge in [0.1, 0.15) is 0 Å². The number of hydrogen-bond acceptors (Lipinski definition) is 3. The van der Waals surface area contributed by atoms with Crippen molar-refractivity contribution in [2.45, 2.75) is 62.9 Å². The van der Waals surface area contributed by atoms with Gasteiger partial charge in [0.25, 0.3) is 0 Å². The lowest BCUT2D eigenvalue weighted by Crippen LogP contribution is -2.07. The largest absolute Gasteiger partial charge is 0.384 e. The van der Waals surface area contributed by atoms with Gasteiger partial charge in [-0.25, -0.2) is 8.42 Å². The van der Waals surface area contributed by atoms with Gasteiger partial charge in [-0.15, -0.1) is 0 Å². The van der Waals surface area contributed by atoms with E-state index in [-0.39, 0.29) is 4.90 Å². The predicted octanol–water partition coefficient (Wildman–Crippen LogP) is 5.83. The standard InChI is InChI=1S/C23H30O3S/c1-2-3-4-5-6-11-18-22(19-23(24)20-14-9-7-10-15-20)27(25,26)21-16-12-8-13-17-21/h7-10,12-17,19,23-24H,2-6,11,18H2,1H3/b22-19-. The Bertz CT molecular complexity index is 796. The summed E-state index contributed by atoms with van der Waals surface area (Å²) in [6.07, 6.45) is 7.55. The van der Waals surface area contributed by atoms with E-state index in [1.165, 1.54) is 25.3 Å². The van der Waals surface area contributed by atoms with Gasteiger partial charge >= 0.3 is 0 Å². The van der Waals surface area contributed by atoms with Crippen molar-refractivity contribution in [1.82, 2.24) is 0 Å². The summed E-state index contributed by atoms with van der Waals surface area (Å²) in [6.45, 7) is 2.18. The highest BCUT2D eigenvalue weighted by atomic mass is 32.2. The third kappa shape index (κ3) is 6.64. The maximum absolute atomic E-state index is 13.1. The number of benzene rings is 2. The van der Waals surface area contributed by atoms with Crippen molar-refractivity contribution < 1.29 is 13.5 Å². The normalized spacial score (nSPS) is 13.5. The molecule has 0 heterocycles. The minimum atomic E-state index is -3.60. The maximum atomic E-state index is 13.1. The number of allylic oxidation sites excluding steroid dienone is 1. The molecule has 0 saturated carbocycles. The molecule has 0 spiro atoms. The zero-order valence-corrected chi connectivity index (χ0v) is 16.9. The highest BCUT2D eigenvalue weighted by Crippen LogP contribution is 2.27. The molecule has 0 bridgehead atoms. The minimum absolute atomic E-state index is 0.280. The summed E-state index contributed by atoms with van der Waals surface area (Å²) in [4.78, 5) is 0.586. The van der Waals surface area contributed by atoms with E-state index in [9.17, 15) is 13.5 Å². The van der Waals surface area contributed by atoms with Crippen LogP contribution < -0.4 is 0 Å². The Labute approximate surface area is 163 Å². The first-order chi connectivity index (χ1) is 13.1. The quantitative estimate of drug-likeness (QED) is 0.494. The zero-order chi connectivity index (χ0) is 19.5. The SMILES string of the molecule is CCCCCCCC/C(=C/C(O)c1ccccc1)S(=O)(=O)c1ccccc1. The van der Waals surface area contributed by atoms with Crippen molar-refractivity contribution in [2.75, 3.05) is 0 Å². The van der Waals surface area contributed by atoms with Gasteiger partial charge < -0.3 is 5.11 Å². The Balaban J connectivity index is 2.19. The Kier molecular flexibility index (Phi) is 8.76. The molecule has 4 heteroatoms. The number of aliphatic hydroxyl groups is 1. The van der Waals surface area contributed by atoms with Crippen LogP contribution in [0.25, 0.3) is 0 Å². The summed E-state index contributed by atoms with van der Waals surface area (Å²) in [5.74, 6) is 0. The molecule has 0 fully saturated rings. The highest BCUT2D eigenvalue weighted by Gasteiger charge is 2.21. The molecule has 146 valence electrons. The molecule has 1 unspecified atom stereocenters. The average molecular weight is 387 g/mol. The topological polar surface area (TPSA) is 54.4 Å². The molecule has 3 nitrogen and oxygen atoms in total. The Morgan fingerprint density at radius 3 is 2.07 bits per heavy atom. The van der Waals surface area contributed by atoms with Crippen molar-refractivity contribution >= 4 is 9.84 Å². The lowest BCUT2D eigenvalue weighted by molar-refractivity contribution is 0.228. The second-order valence-electron chi connectivity index (χ2n) is 6.82. The van der Waals surface area contributed by atoms with Crippen molar-refractivity contribution in [1.29, 1.82) is 0 Å². The number of sulfone groups is 1. The summed E-state index contributed by atoms with van der Waals surface area (Å²) in [6, 6.07) is 17.6. The van der Waals surface area contributed by atoms with Gasteiger partial charge in [-0.2, -0.15) is 0 Å². The number of rotatable bonds is 11. The van der Waals surface area contributed by atoms with Gasteiger partial charge in [0, 0.05) is 4.91 Å². The van der Waals surface area contributed by atoms with Crippen LogP contribution in [0.1, 0.15) is 63.5 Å². The minimum Gasteiger partial charge on any atom is -0.384 e. The second kappa shape index (κ2) is 11.1. The van der Waals surface area contributed by atoms with Crippen LogP contribution in [0.4, 0.5) is 0 Å². The van der Waals surface area contributed by atoms with E-state index in [0.29, 0.717) is 16.9 Å². The van der Waals surface area contributed by atoms with Crippen molar-refractivity contribution in [3.8, 4) is 0 Å². The first-order valence-electron chi connectivity index (χ1n) is 9.79. The van der Waals surface area contributed by atoms with E-state index in [1.54, 1.807) is 42.5 Å². The molecule has 0 aliphatic carbocycles. The molecule has 1 N–H and O–H groups in total. The monoisotopic (exact) mass is 386 g/mol. The van der Waals surface area contributed by atoms with Crippen molar-refractivity contribution in [3.63, 3.8) is 0 Å². The molecule has 27 heavy (non-hydrogen) atoms. The van der Waals surface area contributed by atoms with Crippen LogP contribution >= 0.6 is 0 Å². The molecule has 1 atom stereocenters. The van der Waals surface area contributed by atoms with Crippen LogP contribution in [0, 0.1) is 0 Å². The van der Waals surface area contributed by atoms with E-state index in [2.05, 4.69) is 6.92 Å². The number of aliphatic hydroxyl groups excluding tert-OH is 1. The summed E-state index contributed by atoms with van der Waals surface area (Å²) in [5.41, 5.74) is 0.696. The number of hydrogen-bond donors (Lipinski definition) is 1. The molecule has 2 aromatic rings. The molecule has 0 radical (unpaired) electrons. The first kappa shape index (κ1) is 21.4. The lowest BCUT2D eigenvalue weighted by Gasteiger charge is -2.13.